The van der Waals surface area contributed by atoms with Crippen molar-refractivity contribution in [3.63, 3.8) is 0 Å². The minimum absolute atomic E-state index is 0.0100. The summed E-state index contributed by atoms with van der Waals surface area (Å²) in [7, 11) is 0. The van der Waals surface area contributed by atoms with Gasteiger partial charge in [-0.1, -0.05) is 35.4 Å². The minimum atomic E-state index is -0.797. The number of hydrogen-bond donors (Lipinski definition) is 1. The zero-order valence-corrected chi connectivity index (χ0v) is 10.3. The van der Waals surface area contributed by atoms with Crippen LogP contribution in [0.25, 0.3) is 0 Å². The molecule has 6 nitrogen and oxygen atoms in total. The average Bonchev–Trinajstić information content (AvgIpc) is 2.82. The van der Waals surface area contributed by atoms with Crippen LogP contribution in [0.3, 0.4) is 0 Å². The van der Waals surface area contributed by atoms with E-state index in [1.807, 2.05) is 36.4 Å². The quantitative estimate of drug-likeness (QED) is 0.898. The van der Waals surface area contributed by atoms with Crippen molar-refractivity contribution >= 4 is 11.9 Å². The number of carbonyl (C=O) groups excluding carboxylic acids is 1. The number of nitrogens with one attached hydrogen (secondary N) is 1. The first-order chi connectivity index (χ1) is 9.19. The fraction of sp³-hybridized carbons (Fsp3) is 0.231. The Kier molecular flexibility index (Phi) is 3.88. The number of anilines is 1. The van der Waals surface area contributed by atoms with Crippen LogP contribution in [0.1, 0.15) is 11.5 Å². The SMILES string of the molecule is Cc1nnc(NC(=O)C(C#N)Cc2ccccc2)o1. The Morgan fingerprint density at radius 2 is 2.16 bits per heavy atom. The Labute approximate surface area is 110 Å². The third-order valence-electron chi connectivity index (χ3n) is 2.51. The maximum absolute atomic E-state index is 11.9. The monoisotopic (exact) mass is 256 g/mol. The lowest BCUT2D eigenvalue weighted by atomic mass is 10.00. The van der Waals surface area contributed by atoms with E-state index in [2.05, 4.69) is 15.5 Å². The highest BCUT2D eigenvalue weighted by atomic mass is 16.4. The molecule has 1 aromatic heterocycles. The molecule has 0 aliphatic rings. The Hall–Kier alpha value is -2.68. The summed E-state index contributed by atoms with van der Waals surface area (Å²) in [5.74, 6) is -0.892. The van der Waals surface area contributed by atoms with Crippen molar-refractivity contribution in [3.05, 3.63) is 41.8 Å². The van der Waals surface area contributed by atoms with Gasteiger partial charge >= 0.3 is 6.01 Å². The van der Waals surface area contributed by atoms with Crippen LogP contribution in [0.2, 0.25) is 0 Å². The molecule has 0 spiro atoms. The summed E-state index contributed by atoms with van der Waals surface area (Å²) in [5, 5.41) is 18.7. The molecular weight excluding hydrogens is 244 g/mol. The normalized spacial score (nSPS) is 11.6. The smallest absolute Gasteiger partial charge is 0.322 e. The van der Waals surface area contributed by atoms with Gasteiger partial charge in [0.2, 0.25) is 11.8 Å². The molecule has 6 heteroatoms. The predicted octanol–water partition coefficient (Wildman–Crippen LogP) is 1.70. The van der Waals surface area contributed by atoms with E-state index < -0.39 is 11.8 Å². The zero-order valence-electron chi connectivity index (χ0n) is 10.3. The predicted molar refractivity (Wildman–Crippen MR) is 66.9 cm³/mol. The number of nitriles is 1. The van der Waals surface area contributed by atoms with Crippen molar-refractivity contribution in [1.82, 2.24) is 10.2 Å². The highest BCUT2D eigenvalue weighted by Gasteiger charge is 2.20. The zero-order chi connectivity index (χ0) is 13.7. The number of rotatable bonds is 4. The Morgan fingerprint density at radius 1 is 1.42 bits per heavy atom. The van der Waals surface area contributed by atoms with Gasteiger partial charge in [0.25, 0.3) is 0 Å². The van der Waals surface area contributed by atoms with Crippen molar-refractivity contribution in [2.45, 2.75) is 13.3 Å². The molecule has 1 heterocycles. The Bertz CT molecular complexity index is 601. The lowest BCUT2D eigenvalue weighted by Gasteiger charge is -2.07. The highest BCUT2D eigenvalue weighted by molar-refractivity contribution is 5.92. The van der Waals surface area contributed by atoms with Crippen molar-refractivity contribution in [3.8, 4) is 6.07 Å². The van der Waals surface area contributed by atoms with Crippen molar-refractivity contribution in [2.24, 2.45) is 5.92 Å². The number of aryl methyl sites for hydroxylation is 1. The average molecular weight is 256 g/mol. The van der Waals surface area contributed by atoms with Gasteiger partial charge in [-0.2, -0.15) is 5.26 Å². The van der Waals surface area contributed by atoms with Crippen molar-refractivity contribution in [2.75, 3.05) is 5.32 Å². The van der Waals surface area contributed by atoms with Gasteiger partial charge in [0, 0.05) is 6.92 Å². The van der Waals surface area contributed by atoms with Gasteiger partial charge in [0.1, 0.15) is 5.92 Å². The molecule has 1 amide bonds. The van der Waals surface area contributed by atoms with Gasteiger partial charge < -0.3 is 4.42 Å². The number of nitrogens with zero attached hydrogens (tertiary/aromatic N) is 3. The molecule has 1 aromatic carbocycles. The summed E-state index contributed by atoms with van der Waals surface area (Å²) in [6, 6.07) is 11.3. The molecule has 0 fully saturated rings. The van der Waals surface area contributed by atoms with Gasteiger partial charge in [0.15, 0.2) is 0 Å². The Morgan fingerprint density at radius 3 is 2.74 bits per heavy atom. The lowest BCUT2D eigenvalue weighted by Crippen LogP contribution is -2.23. The molecule has 0 radical (unpaired) electrons. The minimum Gasteiger partial charge on any atom is -0.408 e. The fourth-order valence-electron chi connectivity index (χ4n) is 1.59. The summed E-state index contributed by atoms with van der Waals surface area (Å²) >= 11 is 0. The molecule has 19 heavy (non-hydrogen) atoms. The number of amides is 1. The molecule has 0 aliphatic carbocycles. The van der Waals surface area contributed by atoms with Crippen LogP contribution in [-0.4, -0.2) is 16.1 Å². The van der Waals surface area contributed by atoms with Gasteiger partial charge in [-0.15, -0.1) is 5.10 Å². The van der Waals surface area contributed by atoms with E-state index in [9.17, 15) is 4.79 Å². The maximum atomic E-state index is 11.9. The molecule has 2 rings (SSSR count). The van der Waals surface area contributed by atoms with E-state index in [0.717, 1.165) is 5.56 Å². The summed E-state index contributed by atoms with van der Waals surface area (Å²) < 4.78 is 5.04. The molecule has 0 saturated heterocycles. The van der Waals surface area contributed by atoms with E-state index in [0.29, 0.717) is 12.3 Å². The maximum Gasteiger partial charge on any atom is 0.322 e. The number of carbonyl (C=O) groups is 1. The largest absolute Gasteiger partial charge is 0.408 e. The topological polar surface area (TPSA) is 91.8 Å². The third kappa shape index (κ3) is 3.39. The fourth-order valence-corrected chi connectivity index (χ4v) is 1.59. The molecule has 1 N–H and O–H groups in total. The second-order valence-electron chi connectivity index (χ2n) is 3.99. The number of benzene rings is 1. The third-order valence-corrected chi connectivity index (χ3v) is 2.51. The van der Waals surface area contributed by atoms with Crippen LogP contribution in [0, 0.1) is 24.2 Å². The first kappa shape index (κ1) is 12.8. The van der Waals surface area contributed by atoms with Gasteiger partial charge in [-0.05, 0) is 12.0 Å². The van der Waals surface area contributed by atoms with Crippen LogP contribution in [-0.2, 0) is 11.2 Å². The summed E-state index contributed by atoms with van der Waals surface area (Å²) in [6.45, 7) is 1.62. The highest BCUT2D eigenvalue weighted by Crippen LogP contribution is 2.11. The Balaban J connectivity index is 2.02. The molecule has 0 saturated carbocycles. The van der Waals surface area contributed by atoms with E-state index in [-0.39, 0.29) is 6.01 Å². The lowest BCUT2D eigenvalue weighted by molar-refractivity contribution is -0.118. The molecule has 1 atom stereocenters. The first-order valence-corrected chi connectivity index (χ1v) is 5.73. The van der Waals surface area contributed by atoms with Gasteiger partial charge in [-0.3, -0.25) is 10.1 Å². The van der Waals surface area contributed by atoms with E-state index in [1.165, 1.54) is 0 Å². The standard InChI is InChI=1S/C13H12N4O2/c1-9-16-17-13(19-9)15-12(18)11(8-14)7-10-5-3-2-4-6-10/h2-6,11H,7H2,1H3,(H,15,17,18). The summed E-state index contributed by atoms with van der Waals surface area (Å²) in [4.78, 5) is 11.9. The molecule has 2 aromatic rings. The van der Waals surface area contributed by atoms with E-state index in [4.69, 9.17) is 9.68 Å². The van der Waals surface area contributed by atoms with Gasteiger partial charge in [0.05, 0.1) is 6.07 Å². The molecule has 1 unspecified atom stereocenters. The van der Waals surface area contributed by atoms with Crippen LogP contribution in [0.15, 0.2) is 34.7 Å². The second kappa shape index (κ2) is 5.78. The van der Waals surface area contributed by atoms with Crippen molar-refractivity contribution in [1.29, 1.82) is 5.26 Å². The molecule has 0 aliphatic heterocycles. The number of hydrogen-bond acceptors (Lipinski definition) is 5. The van der Waals surface area contributed by atoms with Crippen LogP contribution in [0.4, 0.5) is 6.01 Å². The number of aromatic nitrogens is 2. The van der Waals surface area contributed by atoms with E-state index in [1.54, 1.807) is 6.92 Å². The van der Waals surface area contributed by atoms with E-state index >= 15 is 0 Å². The first-order valence-electron chi connectivity index (χ1n) is 5.73. The summed E-state index contributed by atoms with van der Waals surface area (Å²) in [5.41, 5.74) is 0.922. The summed E-state index contributed by atoms with van der Waals surface area (Å²) in [6.07, 6.45) is 0.344. The molecule has 96 valence electrons. The van der Waals surface area contributed by atoms with Gasteiger partial charge in [-0.25, -0.2) is 0 Å². The van der Waals surface area contributed by atoms with Crippen LogP contribution >= 0.6 is 0 Å². The second-order valence-corrected chi connectivity index (χ2v) is 3.99. The van der Waals surface area contributed by atoms with Crippen molar-refractivity contribution < 1.29 is 9.21 Å². The molecule has 0 bridgehead atoms. The molecular formula is C13H12N4O2. The van der Waals surface area contributed by atoms with Crippen LogP contribution < -0.4 is 5.32 Å². The van der Waals surface area contributed by atoms with Crippen LogP contribution in [0.5, 0.6) is 0 Å².